The maximum absolute atomic E-state index is 12.5. The highest BCUT2D eigenvalue weighted by Crippen LogP contribution is 2.08. The lowest BCUT2D eigenvalue weighted by molar-refractivity contribution is 0.0990. The van der Waals surface area contributed by atoms with E-state index in [2.05, 4.69) is 10.3 Å². The van der Waals surface area contributed by atoms with E-state index in [0.29, 0.717) is 13.0 Å². The minimum atomic E-state index is -2.34. The van der Waals surface area contributed by atoms with Crippen molar-refractivity contribution >= 4 is 0 Å². The molecule has 1 aromatic rings. The first-order chi connectivity index (χ1) is 6.74. The fraction of sp³-hybridized carbons (Fsp3) is 0.500. The molecule has 1 atom stereocenters. The largest absolute Gasteiger partial charge is 0.309 e. The van der Waals surface area contributed by atoms with Crippen LogP contribution in [0.5, 0.6) is 0 Å². The van der Waals surface area contributed by atoms with Gasteiger partial charge >= 0.3 is 0 Å². The van der Waals surface area contributed by atoms with E-state index in [9.17, 15) is 8.78 Å². The molecule has 0 saturated carbocycles. The van der Waals surface area contributed by atoms with Crippen molar-refractivity contribution in [1.29, 1.82) is 0 Å². The first-order valence-electron chi connectivity index (χ1n) is 4.64. The van der Waals surface area contributed by atoms with Crippen LogP contribution >= 0.6 is 0 Å². The van der Waals surface area contributed by atoms with Crippen LogP contribution in [0.2, 0.25) is 0 Å². The summed E-state index contributed by atoms with van der Waals surface area (Å²) < 4.78 is 25.0. The minimum absolute atomic E-state index is 0.319. The predicted octanol–water partition coefficient (Wildman–Crippen LogP) is 1.87. The SMILES string of the molecule is CCNC(Cc1cccnc1)C(F)F. The van der Waals surface area contributed by atoms with Crippen LogP contribution in [0.4, 0.5) is 8.78 Å². The Bertz CT molecular complexity index is 252. The Morgan fingerprint density at radius 3 is 2.79 bits per heavy atom. The summed E-state index contributed by atoms with van der Waals surface area (Å²) in [6, 6.07) is 2.79. The Balaban J connectivity index is 2.55. The second-order valence-electron chi connectivity index (χ2n) is 3.06. The number of hydrogen-bond donors (Lipinski definition) is 1. The van der Waals surface area contributed by atoms with Gasteiger partial charge in [0.05, 0.1) is 6.04 Å². The molecule has 1 heterocycles. The molecule has 0 bridgehead atoms. The lowest BCUT2D eigenvalue weighted by Gasteiger charge is -2.16. The van der Waals surface area contributed by atoms with Crippen LogP contribution in [-0.2, 0) is 6.42 Å². The van der Waals surface area contributed by atoms with Gasteiger partial charge in [0, 0.05) is 12.4 Å². The van der Waals surface area contributed by atoms with Crippen molar-refractivity contribution in [3.05, 3.63) is 30.1 Å². The maximum atomic E-state index is 12.5. The molecule has 0 amide bonds. The Kier molecular flexibility index (Phi) is 4.46. The summed E-state index contributed by atoms with van der Waals surface area (Å²) in [5.74, 6) is 0. The summed E-state index contributed by atoms with van der Waals surface area (Å²) in [4.78, 5) is 3.88. The van der Waals surface area contributed by atoms with Gasteiger partial charge in [-0.3, -0.25) is 4.98 Å². The summed E-state index contributed by atoms with van der Waals surface area (Å²) >= 11 is 0. The van der Waals surface area contributed by atoms with Crippen molar-refractivity contribution in [3.63, 3.8) is 0 Å². The Labute approximate surface area is 82.4 Å². The first-order valence-corrected chi connectivity index (χ1v) is 4.64. The fourth-order valence-electron chi connectivity index (χ4n) is 1.29. The van der Waals surface area contributed by atoms with Crippen LogP contribution in [0.15, 0.2) is 24.5 Å². The number of nitrogens with zero attached hydrogens (tertiary/aromatic N) is 1. The van der Waals surface area contributed by atoms with Gasteiger partial charge in [0.2, 0.25) is 0 Å². The Morgan fingerprint density at radius 2 is 2.29 bits per heavy atom. The molecule has 78 valence electrons. The topological polar surface area (TPSA) is 24.9 Å². The summed E-state index contributed by atoms with van der Waals surface area (Å²) in [7, 11) is 0. The van der Waals surface area contributed by atoms with E-state index in [1.807, 2.05) is 6.92 Å². The van der Waals surface area contributed by atoms with Gasteiger partial charge in [-0.15, -0.1) is 0 Å². The predicted molar refractivity (Wildman–Crippen MR) is 51.4 cm³/mol. The molecule has 1 aromatic heterocycles. The first kappa shape index (κ1) is 11.0. The smallest absolute Gasteiger partial charge is 0.254 e. The molecular formula is C10H14F2N2. The minimum Gasteiger partial charge on any atom is -0.309 e. The molecule has 4 heteroatoms. The molecule has 1 rings (SSSR count). The van der Waals surface area contributed by atoms with Crippen LogP contribution in [0.3, 0.4) is 0 Å². The standard InChI is InChI=1S/C10H14F2N2/c1-2-14-9(10(11)12)6-8-4-3-5-13-7-8/h3-5,7,9-10,14H,2,6H2,1H3. The average Bonchev–Trinajstić information content (AvgIpc) is 2.18. The van der Waals surface area contributed by atoms with Gasteiger partial charge in [-0.1, -0.05) is 13.0 Å². The maximum Gasteiger partial charge on any atom is 0.254 e. The molecule has 0 saturated heterocycles. The van der Waals surface area contributed by atoms with E-state index in [1.54, 1.807) is 24.5 Å². The molecule has 14 heavy (non-hydrogen) atoms. The van der Waals surface area contributed by atoms with Gasteiger partial charge in [-0.25, -0.2) is 8.78 Å². The second kappa shape index (κ2) is 5.65. The highest BCUT2D eigenvalue weighted by Gasteiger charge is 2.19. The number of nitrogens with one attached hydrogen (secondary N) is 1. The Hall–Kier alpha value is -1.03. The van der Waals surface area contributed by atoms with Crippen molar-refractivity contribution in [2.75, 3.05) is 6.54 Å². The van der Waals surface area contributed by atoms with Crippen LogP contribution in [0, 0.1) is 0 Å². The highest BCUT2D eigenvalue weighted by molar-refractivity contribution is 5.10. The quantitative estimate of drug-likeness (QED) is 0.784. The normalized spacial score (nSPS) is 13.1. The Morgan fingerprint density at radius 1 is 1.50 bits per heavy atom. The fourth-order valence-corrected chi connectivity index (χ4v) is 1.29. The molecule has 0 aromatic carbocycles. The third kappa shape index (κ3) is 3.38. The summed E-state index contributed by atoms with van der Waals surface area (Å²) in [6.45, 7) is 2.37. The van der Waals surface area contributed by atoms with E-state index in [4.69, 9.17) is 0 Å². The van der Waals surface area contributed by atoms with Crippen molar-refractivity contribution in [1.82, 2.24) is 10.3 Å². The lowest BCUT2D eigenvalue weighted by Crippen LogP contribution is -2.37. The molecule has 0 fully saturated rings. The summed E-state index contributed by atoms with van der Waals surface area (Å²) in [5, 5.41) is 2.75. The van der Waals surface area contributed by atoms with Crippen LogP contribution in [0.1, 0.15) is 12.5 Å². The number of alkyl halides is 2. The number of likely N-dealkylation sites (N-methyl/N-ethyl adjacent to an activating group) is 1. The van der Waals surface area contributed by atoms with Crippen molar-refractivity contribution < 1.29 is 8.78 Å². The van der Waals surface area contributed by atoms with Crippen molar-refractivity contribution in [2.45, 2.75) is 25.8 Å². The molecule has 0 radical (unpaired) electrons. The zero-order valence-corrected chi connectivity index (χ0v) is 8.08. The van der Waals surface area contributed by atoms with E-state index in [1.165, 1.54) is 0 Å². The molecule has 0 spiro atoms. The van der Waals surface area contributed by atoms with Gasteiger partial charge in [-0.05, 0) is 24.6 Å². The molecule has 1 unspecified atom stereocenters. The number of halogens is 2. The molecule has 0 aliphatic heterocycles. The molecule has 0 aliphatic carbocycles. The third-order valence-electron chi connectivity index (χ3n) is 1.95. The zero-order valence-electron chi connectivity index (χ0n) is 8.08. The van der Waals surface area contributed by atoms with Gasteiger partial charge < -0.3 is 5.32 Å². The van der Waals surface area contributed by atoms with Gasteiger partial charge in [0.1, 0.15) is 0 Å². The van der Waals surface area contributed by atoms with Gasteiger partial charge in [0.15, 0.2) is 0 Å². The van der Waals surface area contributed by atoms with Crippen molar-refractivity contribution in [2.24, 2.45) is 0 Å². The number of pyridine rings is 1. The summed E-state index contributed by atoms with van der Waals surface area (Å²) in [5.41, 5.74) is 0.832. The number of aromatic nitrogens is 1. The molecule has 2 nitrogen and oxygen atoms in total. The lowest BCUT2D eigenvalue weighted by atomic mass is 10.1. The second-order valence-corrected chi connectivity index (χ2v) is 3.06. The molecule has 0 aliphatic rings. The van der Waals surface area contributed by atoms with E-state index in [0.717, 1.165) is 5.56 Å². The molecule has 1 N–H and O–H groups in total. The zero-order chi connectivity index (χ0) is 10.4. The van der Waals surface area contributed by atoms with Crippen LogP contribution < -0.4 is 5.32 Å². The average molecular weight is 200 g/mol. The third-order valence-corrected chi connectivity index (χ3v) is 1.95. The van der Waals surface area contributed by atoms with E-state index >= 15 is 0 Å². The van der Waals surface area contributed by atoms with Gasteiger partial charge in [-0.2, -0.15) is 0 Å². The van der Waals surface area contributed by atoms with E-state index in [-0.39, 0.29) is 0 Å². The van der Waals surface area contributed by atoms with Gasteiger partial charge in [0.25, 0.3) is 6.43 Å². The number of rotatable bonds is 5. The number of hydrogen-bond acceptors (Lipinski definition) is 2. The van der Waals surface area contributed by atoms with Crippen LogP contribution in [-0.4, -0.2) is 24.0 Å². The van der Waals surface area contributed by atoms with Crippen LogP contribution in [0.25, 0.3) is 0 Å². The summed E-state index contributed by atoms with van der Waals surface area (Å²) in [6.07, 6.45) is 1.23. The monoisotopic (exact) mass is 200 g/mol. The van der Waals surface area contributed by atoms with E-state index < -0.39 is 12.5 Å². The van der Waals surface area contributed by atoms with Crippen molar-refractivity contribution in [3.8, 4) is 0 Å². The highest BCUT2D eigenvalue weighted by atomic mass is 19.3. The molecular weight excluding hydrogens is 186 g/mol.